The number of rotatable bonds is 8. The smallest absolute Gasteiger partial charge is 0.272 e. The first-order valence-electron chi connectivity index (χ1n) is 6.65. The van der Waals surface area contributed by atoms with Crippen molar-refractivity contribution in [1.82, 2.24) is 5.32 Å². The van der Waals surface area contributed by atoms with Gasteiger partial charge in [0.05, 0.1) is 4.92 Å². The number of aryl methyl sites for hydroxylation is 1. The molecule has 0 unspecified atom stereocenters. The average Bonchev–Trinajstić information content (AvgIpc) is 2.41. The number of halogens is 1. The van der Waals surface area contributed by atoms with E-state index >= 15 is 0 Å². The van der Waals surface area contributed by atoms with Gasteiger partial charge in [0.25, 0.3) is 11.6 Å². The van der Waals surface area contributed by atoms with Gasteiger partial charge in [0.1, 0.15) is 0 Å². The van der Waals surface area contributed by atoms with Crippen molar-refractivity contribution >= 4 is 34.2 Å². The number of nitro groups is 1. The number of unbranched alkanes of at least 4 members (excludes halogenated alkanes) is 3. The van der Waals surface area contributed by atoms with Crippen LogP contribution in [-0.4, -0.2) is 21.8 Å². The Balaban J connectivity index is 2.44. The molecule has 1 aromatic carbocycles. The number of hydrogen-bond acceptors (Lipinski definition) is 3. The fourth-order valence-electron chi connectivity index (χ4n) is 1.88. The highest BCUT2D eigenvalue weighted by Gasteiger charge is 2.13. The molecule has 5 nitrogen and oxygen atoms in total. The second-order valence-electron chi connectivity index (χ2n) is 4.62. The topological polar surface area (TPSA) is 72.2 Å². The normalized spacial score (nSPS) is 10.3. The van der Waals surface area contributed by atoms with Gasteiger partial charge in [0.2, 0.25) is 0 Å². The van der Waals surface area contributed by atoms with Crippen LogP contribution in [0.1, 0.15) is 41.6 Å². The predicted octanol–water partition coefficient (Wildman–Crippen LogP) is 3.63. The lowest BCUT2D eigenvalue weighted by atomic mass is 10.1. The van der Waals surface area contributed by atoms with Crippen LogP contribution in [0.25, 0.3) is 0 Å². The Kier molecular flexibility index (Phi) is 7.50. The van der Waals surface area contributed by atoms with E-state index in [2.05, 4.69) is 27.9 Å². The van der Waals surface area contributed by atoms with Crippen LogP contribution in [0, 0.1) is 17.0 Å². The van der Waals surface area contributed by atoms with Crippen LogP contribution < -0.4 is 5.32 Å². The zero-order valence-electron chi connectivity index (χ0n) is 11.5. The van der Waals surface area contributed by atoms with Crippen LogP contribution in [0.5, 0.6) is 0 Å². The summed E-state index contributed by atoms with van der Waals surface area (Å²) in [6.45, 7) is 2.29. The Bertz CT molecular complexity index is 477. The number of amides is 1. The third-order valence-electron chi connectivity index (χ3n) is 3.00. The Morgan fingerprint density at radius 2 is 2.00 bits per heavy atom. The van der Waals surface area contributed by atoms with Gasteiger partial charge in [0, 0.05) is 23.7 Å². The highest BCUT2D eigenvalue weighted by atomic mass is 127. The molecule has 0 aliphatic rings. The summed E-state index contributed by atoms with van der Waals surface area (Å²) in [7, 11) is 0. The summed E-state index contributed by atoms with van der Waals surface area (Å²) in [6, 6.07) is 4.44. The van der Waals surface area contributed by atoms with E-state index in [1.807, 2.05) is 0 Å². The molecule has 1 aromatic rings. The molecule has 6 heteroatoms. The summed E-state index contributed by atoms with van der Waals surface area (Å²) in [5.74, 6) is -0.170. The molecule has 0 atom stereocenters. The molecule has 1 rings (SSSR count). The minimum Gasteiger partial charge on any atom is -0.352 e. The quantitative estimate of drug-likeness (QED) is 0.242. The molecule has 110 valence electrons. The lowest BCUT2D eigenvalue weighted by molar-refractivity contribution is -0.385. The summed E-state index contributed by atoms with van der Waals surface area (Å²) >= 11 is 2.36. The monoisotopic (exact) mass is 390 g/mol. The number of carbonyl (C=O) groups excluding carboxylic acids is 1. The molecular weight excluding hydrogens is 371 g/mol. The second kappa shape index (κ2) is 8.89. The van der Waals surface area contributed by atoms with Crippen molar-refractivity contribution in [2.45, 2.75) is 32.6 Å². The molecule has 0 fully saturated rings. The predicted molar refractivity (Wildman–Crippen MR) is 87.5 cm³/mol. The van der Waals surface area contributed by atoms with E-state index in [4.69, 9.17) is 0 Å². The van der Waals surface area contributed by atoms with Crippen molar-refractivity contribution in [2.24, 2.45) is 0 Å². The minimum atomic E-state index is -0.440. The first-order valence-corrected chi connectivity index (χ1v) is 8.18. The maximum Gasteiger partial charge on any atom is 0.272 e. The number of alkyl halides is 1. The van der Waals surface area contributed by atoms with Crippen LogP contribution in [0.3, 0.4) is 0 Å². The SMILES string of the molecule is Cc1cc(C(=O)NCCCCCCI)ccc1[N+](=O)[O-]. The Hall–Kier alpha value is -1.18. The van der Waals surface area contributed by atoms with Gasteiger partial charge in [0.15, 0.2) is 0 Å². The van der Waals surface area contributed by atoms with Crippen molar-refractivity contribution in [3.8, 4) is 0 Å². The van der Waals surface area contributed by atoms with Gasteiger partial charge in [-0.1, -0.05) is 35.4 Å². The van der Waals surface area contributed by atoms with Crippen LogP contribution in [-0.2, 0) is 0 Å². The molecule has 0 spiro atoms. The molecule has 0 aliphatic carbocycles. The second-order valence-corrected chi connectivity index (χ2v) is 5.70. The van der Waals surface area contributed by atoms with Gasteiger partial charge >= 0.3 is 0 Å². The molecule has 0 heterocycles. The summed E-state index contributed by atoms with van der Waals surface area (Å²) in [5.41, 5.74) is 1.02. The van der Waals surface area contributed by atoms with E-state index in [-0.39, 0.29) is 11.6 Å². The Labute approximate surface area is 132 Å². The lowest BCUT2D eigenvalue weighted by Gasteiger charge is -2.06. The van der Waals surface area contributed by atoms with Crippen molar-refractivity contribution in [1.29, 1.82) is 0 Å². The molecular formula is C14H19IN2O3. The van der Waals surface area contributed by atoms with E-state index in [1.165, 1.54) is 29.4 Å². The number of nitrogens with one attached hydrogen (secondary N) is 1. The molecule has 0 aliphatic heterocycles. The molecule has 20 heavy (non-hydrogen) atoms. The fraction of sp³-hybridized carbons (Fsp3) is 0.500. The van der Waals surface area contributed by atoms with Crippen LogP contribution in [0.4, 0.5) is 5.69 Å². The van der Waals surface area contributed by atoms with Gasteiger partial charge in [-0.05, 0) is 36.3 Å². The molecule has 0 aromatic heterocycles. The van der Waals surface area contributed by atoms with Gasteiger partial charge < -0.3 is 5.32 Å². The molecule has 0 bridgehead atoms. The fourth-order valence-corrected chi connectivity index (χ4v) is 2.42. The van der Waals surface area contributed by atoms with Crippen LogP contribution >= 0.6 is 22.6 Å². The third-order valence-corrected chi connectivity index (χ3v) is 3.76. The van der Waals surface area contributed by atoms with Crippen molar-refractivity contribution in [2.75, 3.05) is 11.0 Å². The van der Waals surface area contributed by atoms with Crippen LogP contribution in [0.15, 0.2) is 18.2 Å². The average molecular weight is 390 g/mol. The standard InChI is InChI=1S/C14H19IN2O3/c1-11-10-12(6-7-13(11)17(19)20)14(18)16-9-5-3-2-4-8-15/h6-7,10H,2-5,8-9H2,1H3,(H,16,18). The van der Waals surface area contributed by atoms with E-state index in [0.29, 0.717) is 17.7 Å². The van der Waals surface area contributed by atoms with Crippen molar-refractivity contribution < 1.29 is 9.72 Å². The van der Waals surface area contributed by atoms with Crippen molar-refractivity contribution in [3.63, 3.8) is 0 Å². The van der Waals surface area contributed by atoms with E-state index in [1.54, 1.807) is 13.0 Å². The van der Waals surface area contributed by atoms with Gasteiger partial charge in [-0.15, -0.1) is 0 Å². The van der Waals surface area contributed by atoms with Gasteiger partial charge in [-0.25, -0.2) is 0 Å². The molecule has 0 saturated heterocycles. The molecule has 1 amide bonds. The zero-order chi connectivity index (χ0) is 15.0. The number of carbonyl (C=O) groups is 1. The molecule has 0 saturated carbocycles. The number of hydrogen-bond donors (Lipinski definition) is 1. The number of benzene rings is 1. The maximum atomic E-state index is 11.9. The summed E-state index contributed by atoms with van der Waals surface area (Å²) in [5, 5.41) is 13.5. The highest BCUT2D eigenvalue weighted by Crippen LogP contribution is 2.18. The summed E-state index contributed by atoms with van der Waals surface area (Å²) in [6.07, 6.45) is 4.49. The van der Waals surface area contributed by atoms with E-state index in [9.17, 15) is 14.9 Å². The van der Waals surface area contributed by atoms with Crippen LogP contribution in [0.2, 0.25) is 0 Å². The first-order chi connectivity index (χ1) is 9.56. The molecule has 0 radical (unpaired) electrons. The number of nitrogens with zero attached hydrogens (tertiary/aromatic N) is 1. The van der Waals surface area contributed by atoms with Gasteiger partial charge in [-0.3, -0.25) is 14.9 Å². The molecule has 1 N–H and O–H groups in total. The Morgan fingerprint density at radius 1 is 1.30 bits per heavy atom. The van der Waals surface area contributed by atoms with E-state index in [0.717, 1.165) is 12.8 Å². The van der Waals surface area contributed by atoms with Gasteiger partial charge in [-0.2, -0.15) is 0 Å². The third kappa shape index (κ3) is 5.44. The largest absolute Gasteiger partial charge is 0.352 e. The van der Waals surface area contributed by atoms with Crippen molar-refractivity contribution in [3.05, 3.63) is 39.4 Å². The highest BCUT2D eigenvalue weighted by molar-refractivity contribution is 14.1. The summed E-state index contributed by atoms with van der Waals surface area (Å²) < 4.78 is 1.17. The lowest BCUT2D eigenvalue weighted by Crippen LogP contribution is -2.24. The first kappa shape index (κ1) is 16.9. The van der Waals surface area contributed by atoms with E-state index < -0.39 is 4.92 Å². The maximum absolute atomic E-state index is 11.9. The Morgan fingerprint density at radius 3 is 2.60 bits per heavy atom. The number of nitro benzene ring substituents is 1. The summed E-state index contributed by atoms with van der Waals surface area (Å²) in [4.78, 5) is 22.1. The minimum absolute atomic E-state index is 0.0420. The zero-order valence-corrected chi connectivity index (χ0v) is 13.7.